The van der Waals surface area contributed by atoms with Crippen molar-refractivity contribution in [1.29, 1.82) is 0 Å². The molecule has 39 heavy (non-hydrogen) atoms. The number of piperidine rings is 1. The van der Waals surface area contributed by atoms with E-state index in [2.05, 4.69) is 27.5 Å². The van der Waals surface area contributed by atoms with Gasteiger partial charge in [-0.3, -0.25) is 24.5 Å². The first-order valence-corrected chi connectivity index (χ1v) is 14.8. The molecule has 218 valence electrons. The average Bonchev–Trinajstić information content (AvgIpc) is 3.24. The number of amides is 4. The first-order valence-electron chi connectivity index (χ1n) is 14.8. The molecule has 2 saturated carbocycles. The van der Waals surface area contributed by atoms with Crippen molar-refractivity contribution < 1.29 is 28.0 Å². The molecule has 9 nitrogen and oxygen atoms in total. The van der Waals surface area contributed by atoms with Gasteiger partial charge in [0.1, 0.15) is 6.04 Å². The van der Waals surface area contributed by atoms with Gasteiger partial charge in [-0.15, -0.1) is 0 Å². The number of imide groups is 1. The number of carbonyl (C=O) groups is 4. The van der Waals surface area contributed by atoms with Gasteiger partial charge in [-0.25, -0.2) is 0 Å². The Morgan fingerprint density at radius 1 is 1.00 bits per heavy atom. The Balaban J connectivity index is 1.09. The van der Waals surface area contributed by atoms with Crippen LogP contribution in [0.4, 0.5) is 8.78 Å². The predicted octanol–water partition coefficient (Wildman–Crippen LogP) is 1.47. The number of alkyl halides is 2. The third-order valence-electron chi connectivity index (χ3n) is 9.97. The standard InChI is InChI=1S/C28H43F2N5O4/c1-33-9-11-34(12-10-33)16-19-3-2-4-21(14-19)28(29,30)27(39)31-15-18-5-6-22-20(13-18)17-35(26(22)38)23-7-8-24(36)32-25(23)37/h18-23H,2-17H2,1H3,(H,31,39)(H,32,36,37). The van der Waals surface area contributed by atoms with Crippen LogP contribution in [0.3, 0.4) is 0 Å². The summed E-state index contributed by atoms with van der Waals surface area (Å²) in [5, 5.41) is 4.88. The lowest BCUT2D eigenvalue weighted by Crippen LogP contribution is -2.53. The molecule has 0 aromatic rings. The van der Waals surface area contributed by atoms with E-state index in [9.17, 15) is 19.2 Å². The highest BCUT2D eigenvalue weighted by Gasteiger charge is 2.50. The molecule has 5 rings (SSSR count). The predicted molar refractivity (Wildman–Crippen MR) is 140 cm³/mol. The first-order chi connectivity index (χ1) is 18.6. The molecule has 5 aliphatic rings. The van der Waals surface area contributed by atoms with Crippen LogP contribution in [0.25, 0.3) is 0 Å². The van der Waals surface area contributed by atoms with E-state index in [1.54, 1.807) is 4.90 Å². The fraction of sp³-hybridized carbons (Fsp3) is 0.857. The van der Waals surface area contributed by atoms with Crippen LogP contribution >= 0.6 is 0 Å². The molecule has 6 atom stereocenters. The molecule has 3 aliphatic heterocycles. The Bertz CT molecular complexity index is 956. The van der Waals surface area contributed by atoms with Crippen molar-refractivity contribution in [3.05, 3.63) is 0 Å². The largest absolute Gasteiger partial charge is 0.351 e. The van der Waals surface area contributed by atoms with Gasteiger partial charge in [-0.05, 0) is 69.7 Å². The molecule has 3 heterocycles. The molecule has 2 aliphatic carbocycles. The highest BCUT2D eigenvalue weighted by atomic mass is 19.3. The average molecular weight is 552 g/mol. The minimum atomic E-state index is -3.39. The summed E-state index contributed by atoms with van der Waals surface area (Å²) in [6.07, 6.45) is 4.96. The van der Waals surface area contributed by atoms with Gasteiger partial charge in [0.2, 0.25) is 17.7 Å². The van der Waals surface area contributed by atoms with Gasteiger partial charge in [-0.2, -0.15) is 8.78 Å². The molecule has 0 aromatic heterocycles. The van der Waals surface area contributed by atoms with Crippen LogP contribution in [-0.4, -0.2) is 103 Å². The maximum atomic E-state index is 15.3. The molecule has 5 fully saturated rings. The van der Waals surface area contributed by atoms with Crippen LogP contribution in [-0.2, 0) is 19.2 Å². The maximum Gasteiger partial charge on any atom is 0.327 e. The van der Waals surface area contributed by atoms with Gasteiger partial charge in [0.25, 0.3) is 5.91 Å². The summed E-state index contributed by atoms with van der Waals surface area (Å²) in [5.74, 6) is -6.17. The van der Waals surface area contributed by atoms with E-state index >= 15 is 8.78 Å². The van der Waals surface area contributed by atoms with E-state index in [1.807, 2.05) is 0 Å². The SMILES string of the molecule is CN1CCN(CC2CCCC(C(F)(F)C(=O)NCC3CCC4C(=O)N(C5CCC(=O)NC5=O)CC4C3)C2)CC1. The van der Waals surface area contributed by atoms with Crippen molar-refractivity contribution in [2.75, 3.05) is 52.9 Å². The highest BCUT2D eigenvalue weighted by Crippen LogP contribution is 2.42. The summed E-state index contributed by atoms with van der Waals surface area (Å²) >= 11 is 0. The quantitative estimate of drug-likeness (QED) is 0.465. The van der Waals surface area contributed by atoms with E-state index in [4.69, 9.17) is 0 Å². The van der Waals surface area contributed by atoms with E-state index in [1.165, 1.54) is 0 Å². The molecule has 6 unspecified atom stereocenters. The van der Waals surface area contributed by atoms with E-state index in [-0.39, 0.29) is 48.5 Å². The zero-order chi connectivity index (χ0) is 27.7. The number of carbonyl (C=O) groups excluding carboxylic acids is 4. The Morgan fingerprint density at radius 2 is 1.77 bits per heavy atom. The fourth-order valence-corrected chi connectivity index (χ4v) is 7.61. The van der Waals surface area contributed by atoms with Crippen molar-refractivity contribution in [3.63, 3.8) is 0 Å². The van der Waals surface area contributed by atoms with Crippen LogP contribution in [0.5, 0.6) is 0 Å². The second-order valence-corrected chi connectivity index (χ2v) is 12.7. The number of halogens is 2. The third-order valence-corrected chi connectivity index (χ3v) is 9.97. The van der Waals surface area contributed by atoms with Gasteiger partial charge in [0, 0.05) is 64.1 Å². The van der Waals surface area contributed by atoms with Gasteiger partial charge in [0.15, 0.2) is 0 Å². The Hall–Kier alpha value is -2.14. The molecule has 0 radical (unpaired) electrons. The van der Waals surface area contributed by atoms with Crippen molar-refractivity contribution in [2.45, 2.75) is 69.8 Å². The summed E-state index contributed by atoms with van der Waals surface area (Å²) in [6.45, 7) is 5.39. The van der Waals surface area contributed by atoms with Gasteiger partial charge >= 0.3 is 5.92 Å². The highest BCUT2D eigenvalue weighted by molar-refractivity contribution is 6.02. The monoisotopic (exact) mass is 551 g/mol. The van der Waals surface area contributed by atoms with E-state index < -0.39 is 29.7 Å². The number of piperazine rings is 1. The number of nitrogens with zero attached hydrogens (tertiary/aromatic N) is 3. The normalized spacial score (nSPS) is 35.1. The summed E-state index contributed by atoms with van der Waals surface area (Å²) in [5.41, 5.74) is 0. The summed E-state index contributed by atoms with van der Waals surface area (Å²) in [4.78, 5) is 55.8. The number of hydrogen-bond donors (Lipinski definition) is 2. The molecule has 2 N–H and O–H groups in total. The molecule has 11 heteroatoms. The lowest BCUT2D eigenvalue weighted by Gasteiger charge is -2.38. The number of nitrogens with one attached hydrogen (secondary N) is 2. The van der Waals surface area contributed by atoms with Crippen molar-refractivity contribution in [3.8, 4) is 0 Å². The molecule has 4 amide bonds. The number of rotatable bonds is 7. The zero-order valence-corrected chi connectivity index (χ0v) is 23.0. The van der Waals surface area contributed by atoms with Crippen molar-refractivity contribution in [2.24, 2.45) is 29.6 Å². The summed E-state index contributed by atoms with van der Waals surface area (Å²) in [7, 11) is 2.10. The number of fused-ring (bicyclic) bond motifs is 1. The Kier molecular flexibility index (Phi) is 8.56. The van der Waals surface area contributed by atoms with Crippen molar-refractivity contribution >= 4 is 23.6 Å². The Labute approximate surface area is 229 Å². The Morgan fingerprint density at radius 3 is 2.51 bits per heavy atom. The molecule has 3 saturated heterocycles. The third kappa shape index (κ3) is 6.29. The van der Waals surface area contributed by atoms with Crippen LogP contribution in [0, 0.1) is 29.6 Å². The number of hydrogen-bond acceptors (Lipinski definition) is 6. The van der Waals surface area contributed by atoms with E-state index in [0.717, 1.165) is 45.6 Å². The fourth-order valence-electron chi connectivity index (χ4n) is 7.61. The van der Waals surface area contributed by atoms with Crippen LogP contribution < -0.4 is 10.6 Å². The lowest BCUT2D eigenvalue weighted by molar-refractivity contribution is -0.157. The summed E-state index contributed by atoms with van der Waals surface area (Å²) in [6, 6.07) is -0.617. The zero-order valence-electron chi connectivity index (χ0n) is 23.0. The van der Waals surface area contributed by atoms with Gasteiger partial charge < -0.3 is 20.0 Å². The van der Waals surface area contributed by atoms with E-state index in [0.29, 0.717) is 45.1 Å². The van der Waals surface area contributed by atoms with Crippen molar-refractivity contribution in [1.82, 2.24) is 25.3 Å². The van der Waals surface area contributed by atoms with Gasteiger partial charge in [0.05, 0.1) is 0 Å². The molecular formula is C28H43F2N5O4. The van der Waals surface area contributed by atoms with Gasteiger partial charge in [-0.1, -0.05) is 6.42 Å². The smallest absolute Gasteiger partial charge is 0.327 e. The van der Waals surface area contributed by atoms with Crippen LogP contribution in [0.1, 0.15) is 57.8 Å². The number of likely N-dealkylation sites (N-methyl/N-ethyl adjacent to an activating group) is 1. The van der Waals surface area contributed by atoms with Crippen LogP contribution in [0.2, 0.25) is 0 Å². The number of likely N-dealkylation sites (tertiary alicyclic amines) is 1. The van der Waals surface area contributed by atoms with Crippen LogP contribution in [0.15, 0.2) is 0 Å². The summed E-state index contributed by atoms with van der Waals surface area (Å²) < 4.78 is 30.6. The first kappa shape index (κ1) is 28.4. The minimum Gasteiger partial charge on any atom is -0.351 e. The molecule has 0 bridgehead atoms. The topological polar surface area (TPSA) is 102 Å². The molecule has 0 aromatic carbocycles. The molecule has 0 spiro atoms. The maximum absolute atomic E-state index is 15.3. The minimum absolute atomic E-state index is 0.0249. The lowest BCUT2D eigenvalue weighted by atomic mass is 9.75. The second-order valence-electron chi connectivity index (χ2n) is 12.7. The molecular weight excluding hydrogens is 508 g/mol. The second kappa shape index (κ2) is 11.8.